The van der Waals surface area contributed by atoms with E-state index in [1.807, 2.05) is 29.3 Å². The first-order valence-electron chi connectivity index (χ1n) is 7.11. The molecule has 1 aromatic heterocycles. The number of nitrogens with zero attached hydrogens (tertiary/aromatic N) is 2. The molecule has 0 aliphatic carbocycles. The number of halogens is 2. The van der Waals surface area contributed by atoms with Crippen molar-refractivity contribution in [3.8, 4) is 0 Å². The minimum atomic E-state index is -3.54. The van der Waals surface area contributed by atoms with Gasteiger partial charge in [0, 0.05) is 22.8 Å². The molecular formula is C16H14Cl2N2O2S2. The molecule has 0 spiro atoms. The van der Waals surface area contributed by atoms with Crippen LogP contribution in [0.25, 0.3) is 0 Å². The van der Waals surface area contributed by atoms with Crippen molar-refractivity contribution in [2.75, 3.05) is 11.4 Å². The number of rotatable bonds is 4. The molecule has 24 heavy (non-hydrogen) atoms. The average Bonchev–Trinajstić information content (AvgIpc) is 2.94. The molecule has 0 bridgehead atoms. The van der Waals surface area contributed by atoms with Gasteiger partial charge in [-0.05, 0) is 30.7 Å². The van der Waals surface area contributed by atoms with Crippen LogP contribution in [0.5, 0.6) is 0 Å². The first-order chi connectivity index (χ1) is 11.4. The predicted octanol–water partition coefficient (Wildman–Crippen LogP) is 4.62. The minimum Gasteiger partial charge on any atom is -0.321 e. The largest absolute Gasteiger partial charge is 0.321 e. The van der Waals surface area contributed by atoms with Crippen LogP contribution in [0.4, 0.5) is 5.13 Å². The van der Waals surface area contributed by atoms with Crippen molar-refractivity contribution >= 4 is 49.5 Å². The number of hydrogen-bond acceptors (Lipinski definition) is 5. The van der Waals surface area contributed by atoms with Crippen LogP contribution in [-0.4, -0.2) is 19.9 Å². The topological polar surface area (TPSA) is 50.3 Å². The summed E-state index contributed by atoms with van der Waals surface area (Å²) in [5.74, 6) is -0.179. The van der Waals surface area contributed by atoms with Crippen molar-refractivity contribution in [2.24, 2.45) is 0 Å². The van der Waals surface area contributed by atoms with Crippen molar-refractivity contribution < 1.29 is 8.42 Å². The van der Waals surface area contributed by atoms with Crippen LogP contribution in [0.2, 0.25) is 10.0 Å². The van der Waals surface area contributed by atoms with Gasteiger partial charge in [-0.15, -0.1) is 0 Å². The molecule has 8 heteroatoms. The van der Waals surface area contributed by atoms with Gasteiger partial charge in [0.25, 0.3) is 0 Å². The van der Waals surface area contributed by atoms with Crippen LogP contribution in [-0.2, 0) is 15.6 Å². The van der Waals surface area contributed by atoms with Gasteiger partial charge in [0.05, 0.1) is 11.4 Å². The third-order valence-corrected chi connectivity index (χ3v) is 7.59. The highest BCUT2D eigenvalue weighted by molar-refractivity contribution is 7.92. The molecule has 1 aromatic carbocycles. The fourth-order valence-corrected chi connectivity index (χ4v) is 5.84. The summed E-state index contributed by atoms with van der Waals surface area (Å²) in [6.07, 6.45) is 7.70. The Morgan fingerprint density at radius 3 is 2.75 bits per heavy atom. The molecule has 0 saturated carbocycles. The van der Waals surface area contributed by atoms with Crippen LogP contribution in [0, 0.1) is 6.92 Å². The standard InChI is InChI=1S/C16H14Cl2N2O2S2/c1-11-15(23-16(19-11)20-7-3-2-4-8-20)24(21,22)10-12-5-6-13(17)9-14(12)18/h2-7,9H,8,10H2,1H3. The molecule has 3 rings (SSSR count). The summed E-state index contributed by atoms with van der Waals surface area (Å²) in [6.45, 7) is 2.38. The highest BCUT2D eigenvalue weighted by atomic mass is 35.5. The lowest BCUT2D eigenvalue weighted by atomic mass is 10.2. The van der Waals surface area contributed by atoms with E-state index in [1.54, 1.807) is 25.1 Å². The molecule has 2 heterocycles. The molecule has 1 aliphatic rings. The number of benzene rings is 1. The minimum absolute atomic E-state index is 0.179. The molecule has 0 fully saturated rings. The van der Waals surface area contributed by atoms with Crippen molar-refractivity contribution in [3.63, 3.8) is 0 Å². The summed E-state index contributed by atoms with van der Waals surface area (Å²) in [5.41, 5.74) is 1.03. The van der Waals surface area contributed by atoms with E-state index in [1.165, 1.54) is 11.3 Å². The van der Waals surface area contributed by atoms with Gasteiger partial charge in [-0.25, -0.2) is 13.4 Å². The van der Waals surface area contributed by atoms with Crippen LogP contribution in [0.3, 0.4) is 0 Å². The van der Waals surface area contributed by atoms with E-state index in [9.17, 15) is 8.42 Å². The quantitative estimate of drug-likeness (QED) is 0.750. The number of thiazole rings is 1. The first kappa shape index (κ1) is 17.5. The van der Waals surface area contributed by atoms with Crippen LogP contribution in [0.15, 0.2) is 46.8 Å². The second-order valence-electron chi connectivity index (χ2n) is 5.29. The Labute approximate surface area is 155 Å². The van der Waals surface area contributed by atoms with Crippen molar-refractivity contribution in [3.05, 3.63) is 63.9 Å². The first-order valence-corrected chi connectivity index (χ1v) is 10.3. The molecule has 126 valence electrons. The van der Waals surface area contributed by atoms with Crippen LogP contribution < -0.4 is 4.90 Å². The zero-order valence-corrected chi connectivity index (χ0v) is 15.9. The van der Waals surface area contributed by atoms with Gasteiger partial charge < -0.3 is 4.90 Å². The van der Waals surface area contributed by atoms with E-state index in [4.69, 9.17) is 23.2 Å². The van der Waals surface area contributed by atoms with E-state index >= 15 is 0 Å². The van der Waals surface area contributed by atoms with E-state index in [2.05, 4.69) is 4.98 Å². The Morgan fingerprint density at radius 1 is 1.29 bits per heavy atom. The van der Waals surface area contributed by atoms with E-state index in [-0.39, 0.29) is 9.96 Å². The third kappa shape index (κ3) is 3.67. The van der Waals surface area contributed by atoms with Crippen molar-refractivity contribution in [1.29, 1.82) is 0 Å². The zero-order chi connectivity index (χ0) is 17.3. The zero-order valence-electron chi connectivity index (χ0n) is 12.7. The number of aromatic nitrogens is 1. The maximum Gasteiger partial charge on any atom is 0.193 e. The molecule has 0 radical (unpaired) electrons. The summed E-state index contributed by atoms with van der Waals surface area (Å²) in [4.78, 5) is 6.31. The smallest absolute Gasteiger partial charge is 0.193 e. The second-order valence-corrected chi connectivity index (χ2v) is 9.29. The number of allylic oxidation sites excluding steroid dienone is 2. The lowest BCUT2D eigenvalue weighted by molar-refractivity contribution is 0.596. The molecule has 0 amide bonds. The van der Waals surface area contributed by atoms with Gasteiger partial charge in [-0.1, -0.05) is 52.8 Å². The lowest BCUT2D eigenvalue weighted by Gasteiger charge is -2.16. The molecule has 2 aromatic rings. The van der Waals surface area contributed by atoms with Gasteiger partial charge in [-0.3, -0.25) is 0 Å². The van der Waals surface area contributed by atoms with Crippen molar-refractivity contribution in [1.82, 2.24) is 4.98 Å². The Kier molecular flexibility index (Phi) is 5.01. The second kappa shape index (κ2) is 6.88. The highest BCUT2D eigenvalue weighted by Crippen LogP contribution is 2.33. The molecule has 0 saturated heterocycles. The van der Waals surface area contributed by atoms with Gasteiger partial charge in [0.1, 0.15) is 4.21 Å². The molecule has 0 N–H and O–H groups in total. The summed E-state index contributed by atoms with van der Waals surface area (Å²) >= 11 is 13.1. The normalized spacial score (nSPS) is 14.4. The van der Waals surface area contributed by atoms with Gasteiger partial charge >= 0.3 is 0 Å². The molecular weight excluding hydrogens is 387 g/mol. The number of hydrogen-bond donors (Lipinski definition) is 0. The number of anilines is 1. The highest BCUT2D eigenvalue weighted by Gasteiger charge is 2.25. The molecule has 0 atom stereocenters. The lowest BCUT2D eigenvalue weighted by Crippen LogP contribution is -2.16. The van der Waals surface area contributed by atoms with E-state index < -0.39 is 9.84 Å². The maximum atomic E-state index is 12.8. The van der Waals surface area contributed by atoms with Gasteiger partial charge in [-0.2, -0.15) is 0 Å². The average molecular weight is 401 g/mol. The third-order valence-electron chi connectivity index (χ3n) is 3.45. The van der Waals surface area contributed by atoms with Gasteiger partial charge in [0.2, 0.25) is 0 Å². The summed E-state index contributed by atoms with van der Waals surface area (Å²) in [7, 11) is -3.54. The molecule has 4 nitrogen and oxygen atoms in total. The van der Waals surface area contributed by atoms with E-state index in [0.29, 0.717) is 33.0 Å². The maximum absolute atomic E-state index is 12.8. The summed E-state index contributed by atoms with van der Waals surface area (Å²) in [6, 6.07) is 4.82. The van der Waals surface area contributed by atoms with Crippen molar-refractivity contribution in [2.45, 2.75) is 16.9 Å². The fraction of sp³-hybridized carbons (Fsp3) is 0.188. The summed E-state index contributed by atoms with van der Waals surface area (Å²) < 4.78 is 25.8. The monoisotopic (exact) mass is 400 g/mol. The van der Waals surface area contributed by atoms with Crippen LogP contribution in [0.1, 0.15) is 11.3 Å². The Hall–Kier alpha value is -1.34. The fourth-order valence-electron chi connectivity index (χ4n) is 2.30. The number of sulfone groups is 1. The van der Waals surface area contributed by atoms with Gasteiger partial charge in [0.15, 0.2) is 15.0 Å². The molecule has 1 aliphatic heterocycles. The predicted molar refractivity (Wildman–Crippen MR) is 99.8 cm³/mol. The van der Waals surface area contributed by atoms with E-state index in [0.717, 1.165) is 0 Å². The van der Waals surface area contributed by atoms with Crippen LogP contribution >= 0.6 is 34.5 Å². The Bertz CT molecular complexity index is 934. The Morgan fingerprint density at radius 2 is 2.08 bits per heavy atom. The Balaban J connectivity index is 1.91. The number of aryl methyl sites for hydroxylation is 1. The summed E-state index contributed by atoms with van der Waals surface area (Å²) in [5, 5.41) is 1.48. The SMILES string of the molecule is Cc1nc(N2C=CC=CC2)sc1S(=O)(=O)Cc1ccc(Cl)cc1Cl. The molecule has 0 unspecified atom stereocenters.